The van der Waals surface area contributed by atoms with Crippen molar-refractivity contribution in [2.45, 2.75) is 2.20 Å². The molecule has 0 aromatic heterocycles. The molecule has 0 saturated heterocycles. The summed E-state index contributed by atoms with van der Waals surface area (Å²) in [6, 6.07) is 10.6. The van der Waals surface area contributed by atoms with E-state index < -0.39 is 0 Å². The van der Waals surface area contributed by atoms with Gasteiger partial charge in [-0.15, -0.1) is 0 Å². The molecule has 0 radical (unpaired) electrons. The van der Waals surface area contributed by atoms with E-state index in [1.54, 1.807) is 0 Å². The molecular weight excluding hydrogens is 316 g/mol. The van der Waals surface area contributed by atoms with Gasteiger partial charge >= 0.3 is 76.0 Å². The Morgan fingerprint density at radius 2 is 1.75 bits per heavy atom. The van der Waals surface area contributed by atoms with Crippen molar-refractivity contribution in [3.63, 3.8) is 0 Å². The summed E-state index contributed by atoms with van der Waals surface area (Å²) >= 11 is 1.09. The van der Waals surface area contributed by atoms with Crippen LogP contribution in [0.5, 0.6) is 0 Å². The second-order valence-electron chi connectivity index (χ2n) is 1.66. The zero-order valence-electron chi connectivity index (χ0n) is 4.59. The number of hydrogen-bond acceptors (Lipinski definition) is 0. The van der Waals surface area contributed by atoms with E-state index in [-0.39, 0.29) is 0 Å². The van der Waals surface area contributed by atoms with E-state index in [1.165, 1.54) is 7.76 Å². The second kappa shape index (κ2) is 3.55. The molecule has 1 aromatic rings. The molecule has 0 fully saturated rings. The van der Waals surface area contributed by atoms with Crippen LogP contribution < -0.4 is 0 Å². The molecule has 0 aliphatic heterocycles. The first kappa shape index (κ1) is 6.66. The second-order valence-corrected chi connectivity index (χ2v) is 3.12. The molecule has 8 heavy (non-hydrogen) atoms. The van der Waals surface area contributed by atoms with Crippen LogP contribution >= 0.6 is 0 Å². The quantitative estimate of drug-likeness (QED) is 0.739. The molecule has 1 aromatic carbocycles. The van der Waals surface area contributed by atoms with Crippen molar-refractivity contribution in [2.24, 2.45) is 0 Å². The molecule has 0 atom stereocenters. The Hall–Kier alpha value is 0.545. The zero-order chi connectivity index (χ0) is 5.82. The van der Waals surface area contributed by atoms with E-state index in [2.05, 4.69) is 30.3 Å². The van der Waals surface area contributed by atoms with Crippen LogP contribution in [0.15, 0.2) is 30.3 Å². The molecule has 0 bridgehead atoms. The Morgan fingerprint density at radius 1 is 1.12 bits per heavy atom. The fraction of sp³-hybridized carbons (Fsp3) is 0.143. The van der Waals surface area contributed by atoms with E-state index in [0.29, 0.717) is 0 Å². The number of rotatable bonds is 1. The van der Waals surface area contributed by atoms with Crippen LogP contribution in [0.1, 0.15) is 5.56 Å². The van der Waals surface area contributed by atoms with Crippen molar-refractivity contribution < 1.29 is 37.9 Å². The topological polar surface area (TPSA) is 0 Å². The summed E-state index contributed by atoms with van der Waals surface area (Å²) in [5, 5.41) is 0. The molecule has 0 aliphatic carbocycles. The van der Waals surface area contributed by atoms with E-state index >= 15 is 0 Å². The van der Waals surface area contributed by atoms with Gasteiger partial charge in [0.1, 0.15) is 0 Å². The maximum atomic E-state index is 2.18. The predicted molar refractivity (Wildman–Crippen MR) is 30.1 cm³/mol. The van der Waals surface area contributed by atoms with Crippen LogP contribution in [0, 0.1) is 37.9 Å². The molecule has 0 amide bonds. The van der Waals surface area contributed by atoms with Gasteiger partial charge in [0.25, 0.3) is 0 Å². The van der Waals surface area contributed by atoms with Gasteiger partial charge in [0.05, 0.1) is 0 Å². The van der Waals surface area contributed by atoms with Crippen LogP contribution in [0.3, 0.4) is 0 Å². The molecule has 0 unspecified atom stereocenters. The Morgan fingerprint density at radius 3 is 2.12 bits per heavy atom. The number of benzene rings is 1. The molecule has 0 nitrogen and oxygen atoms in total. The normalized spacial score (nSPS) is 9.25. The average molecular weight is 323 g/mol. The van der Waals surface area contributed by atoms with Crippen molar-refractivity contribution in [3.05, 3.63) is 35.9 Å². The molecular formula is C7H7Th. The minimum atomic E-state index is 1.09. The first-order valence-electron chi connectivity index (χ1n) is 2.62. The van der Waals surface area contributed by atoms with Crippen LogP contribution in [0.4, 0.5) is 0 Å². The molecule has 0 aliphatic rings. The van der Waals surface area contributed by atoms with E-state index in [9.17, 15) is 0 Å². The van der Waals surface area contributed by atoms with Crippen LogP contribution in [-0.4, -0.2) is 0 Å². The molecule has 1 heteroatoms. The standard InChI is InChI=1S/C7H7.Th/c1-7-5-3-2-4-6-7;/h2-6H,1H2;. The van der Waals surface area contributed by atoms with E-state index in [0.717, 1.165) is 37.9 Å². The van der Waals surface area contributed by atoms with Gasteiger partial charge in [0.2, 0.25) is 0 Å². The Bertz CT molecular complexity index is 146. The average Bonchev–Trinajstić information content (AvgIpc) is 1.90. The van der Waals surface area contributed by atoms with E-state index in [1.807, 2.05) is 0 Å². The van der Waals surface area contributed by atoms with Gasteiger partial charge in [-0.2, -0.15) is 0 Å². The summed E-state index contributed by atoms with van der Waals surface area (Å²) in [4.78, 5) is 0. The third-order valence-electron chi connectivity index (χ3n) is 1.05. The van der Waals surface area contributed by atoms with Crippen molar-refractivity contribution >= 4 is 0 Å². The van der Waals surface area contributed by atoms with Crippen molar-refractivity contribution in [1.29, 1.82) is 0 Å². The molecule has 0 saturated carbocycles. The zero-order valence-corrected chi connectivity index (χ0v) is 8.70. The fourth-order valence-electron chi connectivity index (χ4n) is 0.596. The first-order valence-corrected chi connectivity index (χ1v) is 5.52. The summed E-state index contributed by atoms with van der Waals surface area (Å²) in [5.74, 6) is 0. The van der Waals surface area contributed by atoms with Crippen molar-refractivity contribution in [2.75, 3.05) is 0 Å². The fourth-order valence-corrected chi connectivity index (χ4v) is 1.56. The summed E-state index contributed by atoms with van der Waals surface area (Å²) < 4.78 is 1.31. The maximum absolute atomic E-state index is 2.18. The SMILES string of the molecule is [Th][CH2]c1ccccc1. The van der Waals surface area contributed by atoms with Crippen molar-refractivity contribution in [1.82, 2.24) is 0 Å². The summed E-state index contributed by atoms with van der Waals surface area (Å²) in [7, 11) is 0. The van der Waals surface area contributed by atoms with Gasteiger partial charge < -0.3 is 0 Å². The van der Waals surface area contributed by atoms with Crippen LogP contribution in [0.25, 0.3) is 0 Å². The summed E-state index contributed by atoms with van der Waals surface area (Å²) in [5.41, 5.74) is 1.48. The van der Waals surface area contributed by atoms with Gasteiger partial charge in [0, 0.05) is 0 Å². The molecule has 0 heterocycles. The Balaban J connectivity index is 2.83. The first-order chi connectivity index (χ1) is 3.93. The Labute approximate surface area is 75.2 Å². The van der Waals surface area contributed by atoms with Gasteiger partial charge in [-0.1, -0.05) is 0 Å². The van der Waals surface area contributed by atoms with Crippen LogP contribution in [0.2, 0.25) is 0 Å². The van der Waals surface area contributed by atoms with Crippen molar-refractivity contribution in [3.8, 4) is 0 Å². The van der Waals surface area contributed by atoms with Gasteiger partial charge in [-0.25, -0.2) is 0 Å². The summed E-state index contributed by atoms with van der Waals surface area (Å²) in [6.45, 7) is 0. The van der Waals surface area contributed by atoms with Crippen LogP contribution in [-0.2, 0) is 2.20 Å². The third-order valence-corrected chi connectivity index (χ3v) is 2.72. The van der Waals surface area contributed by atoms with Gasteiger partial charge in [-0.05, 0) is 0 Å². The monoisotopic (exact) mass is 323 g/mol. The summed E-state index contributed by atoms with van der Waals surface area (Å²) in [6.07, 6.45) is 0. The molecule has 0 N–H and O–H groups in total. The number of hydrogen-bond donors (Lipinski definition) is 0. The third kappa shape index (κ3) is 1.81. The molecule has 0 spiro atoms. The van der Waals surface area contributed by atoms with Gasteiger partial charge in [-0.3, -0.25) is 0 Å². The predicted octanol–water partition coefficient (Wildman–Crippen LogP) is 1.74. The molecule has 39 valence electrons. The molecule has 1 rings (SSSR count). The van der Waals surface area contributed by atoms with E-state index in [4.69, 9.17) is 0 Å². The Kier molecular flexibility index (Phi) is 2.95. The van der Waals surface area contributed by atoms with Gasteiger partial charge in [0.15, 0.2) is 0 Å². The minimum absolute atomic E-state index is 1.09.